The minimum Gasteiger partial charge on any atom is -0.504 e. The van der Waals surface area contributed by atoms with Crippen LogP contribution in [0.4, 0.5) is 4.39 Å². The van der Waals surface area contributed by atoms with Crippen molar-refractivity contribution in [3.63, 3.8) is 0 Å². The van der Waals surface area contributed by atoms with Gasteiger partial charge in [-0.1, -0.05) is 12.1 Å². The third-order valence-electron chi connectivity index (χ3n) is 4.51. The Labute approximate surface area is 142 Å². The van der Waals surface area contributed by atoms with Crippen molar-refractivity contribution < 1.29 is 24.5 Å². The maximum Gasteiger partial charge on any atom is 0.337 e. The van der Waals surface area contributed by atoms with E-state index in [0.717, 1.165) is 5.56 Å². The molecule has 2 heterocycles. The standard InChI is InChI=1S/C19H14FNO4/c20-12-3-1-2-11(6-12)18-14(19(24)25)8-15-13-9-17(23)16(22)7-10(13)4-5-21(15)18/h1-3,6-9,22-23H,4-5H2,(H,24,25). The fourth-order valence-corrected chi connectivity index (χ4v) is 3.41. The van der Waals surface area contributed by atoms with Gasteiger partial charge in [-0.2, -0.15) is 0 Å². The maximum atomic E-state index is 13.6. The number of phenolic OH excluding ortho intramolecular Hbond substituents is 2. The van der Waals surface area contributed by atoms with E-state index in [-0.39, 0.29) is 17.1 Å². The van der Waals surface area contributed by atoms with Gasteiger partial charge in [0, 0.05) is 23.4 Å². The van der Waals surface area contributed by atoms with Crippen LogP contribution in [0.2, 0.25) is 0 Å². The number of halogens is 1. The summed E-state index contributed by atoms with van der Waals surface area (Å²) in [5, 5.41) is 29.1. The lowest BCUT2D eigenvalue weighted by Crippen LogP contribution is -2.12. The minimum absolute atomic E-state index is 0.0704. The molecule has 0 atom stereocenters. The molecule has 4 rings (SSSR count). The number of carbonyl (C=O) groups is 1. The zero-order chi connectivity index (χ0) is 17.7. The van der Waals surface area contributed by atoms with Crippen LogP contribution in [0, 0.1) is 5.82 Å². The fraction of sp³-hybridized carbons (Fsp3) is 0.105. The van der Waals surface area contributed by atoms with E-state index in [9.17, 15) is 24.5 Å². The molecule has 1 aliphatic heterocycles. The van der Waals surface area contributed by atoms with Crippen molar-refractivity contribution >= 4 is 5.97 Å². The van der Waals surface area contributed by atoms with Crippen LogP contribution in [-0.4, -0.2) is 25.9 Å². The van der Waals surface area contributed by atoms with Crippen LogP contribution >= 0.6 is 0 Å². The molecular formula is C19H14FNO4. The lowest BCUT2D eigenvalue weighted by molar-refractivity contribution is 0.0697. The molecule has 5 nitrogen and oxygen atoms in total. The summed E-state index contributed by atoms with van der Waals surface area (Å²) in [7, 11) is 0. The lowest BCUT2D eigenvalue weighted by atomic mass is 9.97. The van der Waals surface area contributed by atoms with Crippen LogP contribution in [0.15, 0.2) is 42.5 Å². The Hall–Kier alpha value is -3.28. The molecule has 6 heteroatoms. The van der Waals surface area contributed by atoms with Gasteiger partial charge in [0.1, 0.15) is 5.82 Å². The molecule has 1 aromatic heterocycles. The van der Waals surface area contributed by atoms with Gasteiger partial charge in [0.25, 0.3) is 0 Å². The number of rotatable bonds is 2. The summed E-state index contributed by atoms with van der Waals surface area (Å²) in [6, 6.07) is 10.3. The lowest BCUT2D eigenvalue weighted by Gasteiger charge is -2.22. The number of phenols is 2. The van der Waals surface area contributed by atoms with Gasteiger partial charge in [0.15, 0.2) is 11.5 Å². The molecule has 0 fully saturated rings. The van der Waals surface area contributed by atoms with Gasteiger partial charge in [-0.05, 0) is 42.3 Å². The fourth-order valence-electron chi connectivity index (χ4n) is 3.41. The average molecular weight is 339 g/mol. The molecule has 1 aliphatic rings. The van der Waals surface area contributed by atoms with Gasteiger partial charge < -0.3 is 19.9 Å². The first-order chi connectivity index (χ1) is 12.0. The molecule has 2 aromatic carbocycles. The predicted octanol–water partition coefficient (Wildman–Crippen LogP) is 3.63. The molecule has 0 radical (unpaired) electrons. The number of nitrogens with zero attached hydrogens (tertiary/aromatic N) is 1. The Bertz CT molecular complexity index is 1020. The van der Waals surface area contributed by atoms with Gasteiger partial charge in [0.2, 0.25) is 0 Å². The Kier molecular flexibility index (Phi) is 3.28. The van der Waals surface area contributed by atoms with E-state index in [0.29, 0.717) is 35.5 Å². The third-order valence-corrected chi connectivity index (χ3v) is 4.51. The van der Waals surface area contributed by atoms with E-state index in [1.807, 2.05) is 4.57 Å². The number of carboxylic acids is 1. The van der Waals surface area contributed by atoms with Gasteiger partial charge in [-0.15, -0.1) is 0 Å². The zero-order valence-electron chi connectivity index (χ0n) is 13.0. The molecule has 0 saturated carbocycles. The quantitative estimate of drug-likeness (QED) is 0.623. The van der Waals surface area contributed by atoms with Crippen molar-refractivity contribution in [3.8, 4) is 34.0 Å². The van der Waals surface area contributed by atoms with E-state index in [2.05, 4.69) is 0 Å². The molecule has 3 aromatic rings. The highest BCUT2D eigenvalue weighted by Gasteiger charge is 2.27. The number of hydrogen-bond acceptors (Lipinski definition) is 3. The summed E-state index contributed by atoms with van der Waals surface area (Å²) in [5.41, 5.74) is 3.08. The minimum atomic E-state index is -1.11. The highest BCUT2D eigenvalue weighted by Crippen LogP contribution is 2.41. The molecular weight excluding hydrogens is 325 g/mol. The van der Waals surface area contributed by atoms with Crippen LogP contribution < -0.4 is 0 Å². The average Bonchev–Trinajstić information content (AvgIpc) is 2.96. The second-order valence-electron chi connectivity index (χ2n) is 6.01. The number of fused-ring (bicyclic) bond motifs is 3. The van der Waals surface area contributed by atoms with Gasteiger partial charge in [-0.3, -0.25) is 0 Å². The van der Waals surface area contributed by atoms with E-state index in [1.165, 1.54) is 36.4 Å². The second-order valence-corrected chi connectivity index (χ2v) is 6.01. The molecule has 0 saturated heterocycles. The summed E-state index contributed by atoms with van der Waals surface area (Å²) >= 11 is 0. The van der Waals surface area contributed by atoms with Crippen molar-refractivity contribution in [1.29, 1.82) is 0 Å². The Morgan fingerprint density at radius 3 is 2.56 bits per heavy atom. The highest BCUT2D eigenvalue weighted by molar-refractivity contribution is 5.98. The smallest absolute Gasteiger partial charge is 0.337 e. The van der Waals surface area contributed by atoms with Gasteiger partial charge in [0.05, 0.1) is 11.3 Å². The van der Waals surface area contributed by atoms with Gasteiger partial charge in [-0.25, -0.2) is 9.18 Å². The zero-order valence-corrected chi connectivity index (χ0v) is 13.0. The topological polar surface area (TPSA) is 82.7 Å². The number of aryl methyl sites for hydroxylation is 1. The Balaban J connectivity index is 2.01. The van der Waals surface area contributed by atoms with Crippen LogP contribution in [-0.2, 0) is 13.0 Å². The molecule has 0 unspecified atom stereocenters. The van der Waals surface area contributed by atoms with Crippen molar-refractivity contribution in [3.05, 3.63) is 59.4 Å². The number of hydrogen-bond donors (Lipinski definition) is 3. The molecule has 0 amide bonds. The first-order valence-corrected chi connectivity index (χ1v) is 7.73. The highest BCUT2D eigenvalue weighted by atomic mass is 19.1. The maximum absolute atomic E-state index is 13.6. The third kappa shape index (κ3) is 2.34. The van der Waals surface area contributed by atoms with Gasteiger partial charge >= 0.3 is 5.97 Å². The normalized spacial score (nSPS) is 12.5. The monoisotopic (exact) mass is 339 g/mol. The molecule has 0 aliphatic carbocycles. The predicted molar refractivity (Wildman–Crippen MR) is 89.3 cm³/mol. The number of benzene rings is 2. The summed E-state index contributed by atoms with van der Waals surface area (Å²) in [5.74, 6) is -2.02. The van der Waals surface area contributed by atoms with Crippen molar-refractivity contribution in [1.82, 2.24) is 4.57 Å². The first-order valence-electron chi connectivity index (χ1n) is 7.73. The van der Waals surface area contributed by atoms with Crippen LogP contribution in [0.25, 0.3) is 22.5 Å². The second kappa shape index (κ2) is 5.37. The SMILES string of the molecule is O=C(O)c1cc2n(c1-c1cccc(F)c1)CCc1cc(O)c(O)cc1-2. The number of aromatic nitrogens is 1. The van der Waals surface area contributed by atoms with E-state index in [4.69, 9.17) is 0 Å². The van der Waals surface area contributed by atoms with Crippen LogP contribution in [0.5, 0.6) is 11.5 Å². The van der Waals surface area contributed by atoms with Crippen molar-refractivity contribution in [2.45, 2.75) is 13.0 Å². The first kappa shape index (κ1) is 15.3. The van der Waals surface area contributed by atoms with Crippen molar-refractivity contribution in [2.24, 2.45) is 0 Å². The molecule has 0 bridgehead atoms. The molecule has 3 N–H and O–H groups in total. The summed E-state index contributed by atoms with van der Waals surface area (Å²) in [6.07, 6.45) is 0.562. The largest absolute Gasteiger partial charge is 0.504 e. The number of aromatic carboxylic acids is 1. The number of aromatic hydroxyl groups is 2. The summed E-state index contributed by atoms with van der Waals surface area (Å²) in [6.45, 7) is 0.492. The molecule has 0 spiro atoms. The van der Waals surface area contributed by atoms with Crippen LogP contribution in [0.3, 0.4) is 0 Å². The molecule has 126 valence electrons. The summed E-state index contributed by atoms with van der Waals surface area (Å²) < 4.78 is 15.5. The van der Waals surface area contributed by atoms with Crippen molar-refractivity contribution in [2.75, 3.05) is 0 Å². The van der Waals surface area contributed by atoms with E-state index >= 15 is 0 Å². The molecule has 25 heavy (non-hydrogen) atoms. The summed E-state index contributed by atoms with van der Waals surface area (Å²) in [4.78, 5) is 11.7. The Morgan fingerprint density at radius 2 is 1.84 bits per heavy atom. The van der Waals surface area contributed by atoms with E-state index in [1.54, 1.807) is 6.07 Å². The van der Waals surface area contributed by atoms with E-state index < -0.39 is 11.8 Å². The van der Waals surface area contributed by atoms with Crippen LogP contribution in [0.1, 0.15) is 15.9 Å². The number of carboxylic acid groups (broad SMARTS) is 1. The Morgan fingerprint density at radius 1 is 1.08 bits per heavy atom.